The van der Waals surface area contributed by atoms with Gasteiger partial charge >= 0.3 is 5.97 Å². The van der Waals surface area contributed by atoms with Gasteiger partial charge in [-0.1, -0.05) is 36.4 Å². The third-order valence-electron chi connectivity index (χ3n) is 3.43. The number of benzene rings is 2. The predicted octanol–water partition coefficient (Wildman–Crippen LogP) is 2.80. The Morgan fingerprint density at radius 2 is 1.95 bits per heavy atom. The third-order valence-corrected chi connectivity index (χ3v) is 3.43. The summed E-state index contributed by atoms with van der Waals surface area (Å²) in [6, 6.07) is 15.1. The normalized spacial score (nSPS) is 11.8. The van der Waals surface area contributed by atoms with Gasteiger partial charge in [-0.05, 0) is 42.2 Å². The maximum Gasteiger partial charge on any atom is 0.323 e. The van der Waals surface area contributed by atoms with E-state index >= 15 is 0 Å². The maximum absolute atomic E-state index is 11.7. The molecule has 0 heterocycles. The van der Waals surface area contributed by atoms with Crippen LogP contribution in [0.25, 0.3) is 11.1 Å². The molecule has 0 aliphatic rings. The molecule has 0 aliphatic carbocycles. The molecule has 4 nitrogen and oxygen atoms in total. The van der Waals surface area contributed by atoms with Crippen LogP contribution in [0.5, 0.6) is 5.75 Å². The highest BCUT2D eigenvalue weighted by Crippen LogP contribution is 2.27. The second kappa shape index (κ2) is 7.61. The van der Waals surface area contributed by atoms with Gasteiger partial charge in [-0.25, -0.2) is 0 Å². The number of methoxy groups -OCH3 is 1. The van der Waals surface area contributed by atoms with Crippen LogP contribution < -0.4 is 10.5 Å². The van der Waals surface area contributed by atoms with Gasteiger partial charge in [0.2, 0.25) is 0 Å². The van der Waals surface area contributed by atoms with Gasteiger partial charge in [-0.2, -0.15) is 0 Å². The predicted molar refractivity (Wildman–Crippen MR) is 86.7 cm³/mol. The fraction of sp³-hybridized carbons (Fsp3) is 0.278. The van der Waals surface area contributed by atoms with Gasteiger partial charge in [-0.15, -0.1) is 0 Å². The van der Waals surface area contributed by atoms with Gasteiger partial charge in [0.15, 0.2) is 0 Å². The first-order valence-corrected chi connectivity index (χ1v) is 7.30. The average molecular weight is 299 g/mol. The van der Waals surface area contributed by atoms with E-state index in [1.54, 1.807) is 14.0 Å². The van der Waals surface area contributed by atoms with Crippen LogP contribution in [-0.2, 0) is 16.0 Å². The highest BCUT2D eigenvalue weighted by Gasteiger charge is 2.17. The second-order valence-corrected chi connectivity index (χ2v) is 4.95. The van der Waals surface area contributed by atoms with Crippen molar-refractivity contribution in [1.82, 2.24) is 0 Å². The van der Waals surface area contributed by atoms with Crippen molar-refractivity contribution in [3.05, 3.63) is 54.1 Å². The number of carbonyl (C=O) groups is 1. The molecule has 116 valence electrons. The second-order valence-electron chi connectivity index (χ2n) is 4.95. The zero-order chi connectivity index (χ0) is 15.9. The Bertz CT molecular complexity index is 640. The Morgan fingerprint density at radius 1 is 1.18 bits per heavy atom. The van der Waals surface area contributed by atoms with E-state index in [9.17, 15) is 4.79 Å². The maximum atomic E-state index is 11.7. The number of carbonyl (C=O) groups excluding carboxylic acids is 1. The van der Waals surface area contributed by atoms with E-state index in [1.165, 1.54) is 0 Å². The van der Waals surface area contributed by atoms with Crippen molar-refractivity contribution in [2.24, 2.45) is 5.73 Å². The lowest BCUT2D eigenvalue weighted by atomic mass is 9.95. The summed E-state index contributed by atoms with van der Waals surface area (Å²) < 4.78 is 10.2. The zero-order valence-corrected chi connectivity index (χ0v) is 12.9. The number of nitrogens with two attached hydrogens (primary N) is 1. The van der Waals surface area contributed by atoms with Crippen molar-refractivity contribution in [2.45, 2.75) is 19.4 Å². The molecule has 0 radical (unpaired) electrons. The molecule has 2 aromatic carbocycles. The molecule has 22 heavy (non-hydrogen) atoms. The molecule has 0 saturated carbocycles. The monoisotopic (exact) mass is 299 g/mol. The molecule has 0 aliphatic heterocycles. The van der Waals surface area contributed by atoms with Crippen LogP contribution in [0.2, 0.25) is 0 Å². The Labute approximate surface area is 130 Å². The molecule has 1 unspecified atom stereocenters. The van der Waals surface area contributed by atoms with E-state index < -0.39 is 6.04 Å². The Hall–Kier alpha value is -2.33. The molecule has 0 bridgehead atoms. The zero-order valence-electron chi connectivity index (χ0n) is 12.9. The smallest absolute Gasteiger partial charge is 0.323 e. The summed E-state index contributed by atoms with van der Waals surface area (Å²) in [5.74, 6) is 0.421. The van der Waals surface area contributed by atoms with E-state index in [4.69, 9.17) is 15.2 Å². The minimum absolute atomic E-state index is 0.337. The third kappa shape index (κ3) is 3.86. The molecule has 0 aromatic heterocycles. The molecule has 0 fully saturated rings. The van der Waals surface area contributed by atoms with Gasteiger partial charge in [-0.3, -0.25) is 4.79 Å². The highest BCUT2D eigenvalue weighted by atomic mass is 16.5. The lowest BCUT2D eigenvalue weighted by Crippen LogP contribution is -2.34. The van der Waals surface area contributed by atoms with Gasteiger partial charge in [0.25, 0.3) is 0 Å². The molecule has 0 spiro atoms. The van der Waals surface area contributed by atoms with E-state index in [1.807, 2.05) is 48.5 Å². The van der Waals surface area contributed by atoms with Gasteiger partial charge in [0.1, 0.15) is 11.8 Å². The van der Waals surface area contributed by atoms with Crippen molar-refractivity contribution in [2.75, 3.05) is 13.7 Å². The Kier molecular flexibility index (Phi) is 5.55. The average Bonchev–Trinajstić information content (AvgIpc) is 2.55. The first kappa shape index (κ1) is 16.0. The van der Waals surface area contributed by atoms with E-state index in [2.05, 4.69) is 0 Å². The summed E-state index contributed by atoms with van der Waals surface area (Å²) in [6.07, 6.45) is 0.437. The van der Waals surface area contributed by atoms with Crippen LogP contribution in [0.3, 0.4) is 0 Å². The standard InChI is InChI=1S/C18H21NO3/c1-3-22-18(20)17(19)12-14-7-4-5-10-16(14)13-8-6-9-15(11-13)21-2/h4-11,17H,3,12,19H2,1-2H3. The Balaban J connectivity index is 2.28. The summed E-state index contributed by atoms with van der Waals surface area (Å²) in [6.45, 7) is 2.11. The summed E-state index contributed by atoms with van der Waals surface area (Å²) in [5.41, 5.74) is 9.03. The lowest BCUT2D eigenvalue weighted by Gasteiger charge is -2.14. The topological polar surface area (TPSA) is 61.5 Å². The number of hydrogen-bond acceptors (Lipinski definition) is 4. The van der Waals surface area contributed by atoms with E-state index in [-0.39, 0.29) is 5.97 Å². The summed E-state index contributed by atoms with van der Waals surface area (Å²) in [4.78, 5) is 11.7. The summed E-state index contributed by atoms with van der Waals surface area (Å²) >= 11 is 0. The van der Waals surface area contributed by atoms with Crippen molar-refractivity contribution in [3.8, 4) is 16.9 Å². The van der Waals surface area contributed by atoms with Crippen LogP contribution >= 0.6 is 0 Å². The van der Waals surface area contributed by atoms with Crippen LogP contribution in [0.4, 0.5) is 0 Å². The lowest BCUT2D eigenvalue weighted by molar-refractivity contribution is -0.144. The molecule has 1 atom stereocenters. The fourth-order valence-corrected chi connectivity index (χ4v) is 2.34. The van der Waals surface area contributed by atoms with Gasteiger partial charge in [0, 0.05) is 0 Å². The van der Waals surface area contributed by atoms with E-state index in [0.717, 1.165) is 22.4 Å². The first-order chi connectivity index (χ1) is 10.7. The van der Waals surface area contributed by atoms with Crippen LogP contribution in [0, 0.1) is 0 Å². The number of hydrogen-bond donors (Lipinski definition) is 1. The first-order valence-electron chi connectivity index (χ1n) is 7.30. The largest absolute Gasteiger partial charge is 0.497 e. The number of esters is 1. The van der Waals surface area contributed by atoms with Crippen molar-refractivity contribution >= 4 is 5.97 Å². The minimum Gasteiger partial charge on any atom is -0.497 e. The summed E-state index contributed by atoms with van der Waals surface area (Å²) in [7, 11) is 1.64. The number of rotatable bonds is 6. The van der Waals surface area contributed by atoms with E-state index in [0.29, 0.717) is 13.0 Å². The highest BCUT2D eigenvalue weighted by molar-refractivity contribution is 5.77. The number of ether oxygens (including phenoxy) is 2. The molecular formula is C18H21NO3. The Morgan fingerprint density at radius 3 is 2.68 bits per heavy atom. The molecule has 0 amide bonds. The minimum atomic E-state index is -0.660. The molecule has 0 saturated heterocycles. The molecule has 2 aromatic rings. The van der Waals surface area contributed by atoms with Crippen LogP contribution in [0.1, 0.15) is 12.5 Å². The fourth-order valence-electron chi connectivity index (χ4n) is 2.34. The van der Waals surface area contributed by atoms with Crippen molar-refractivity contribution < 1.29 is 14.3 Å². The molecule has 4 heteroatoms. The molecular weight excluding hydrogens is 278 g/mol. The molecule has 2 N–H and O–H groups in total. The van der Waals surface area contributed by atoms with Crippen LogP contribution in [-0.4, -0.2) is 25.7 Å². The van der Waals surface area contributed by atoms with Crippen molar-refractivity contribution in [3.63, 3.8) is 0 Å². The van der Waals surface area contributed by atoms with Gasteiger partial charge in [0.05, 0.1) is 13.7 Å². The van der Waals surface area contributed by atoms with Gasteiger partial charge < -0.3 is 15.2 Å². The summed E-state index contributed by atoms with van der Waals surface area (Å²) in [5, 5.41) is 0. The van der Waals surface area contributed by atoms with Crippen LogP contribution in [0.15, 0.2) is 48.5 Å². The molecule has 2 rings (SSSR count). The quantitative estimate of drug-likeness (QED) is 0.833. The van der Waals surface area contributed by atoms with Crippen molar-refractivity contribution in [1.29, 1.82) is 0 Å². The SMILES string of the molecule is CCOC(=O)C(N)Cc1ccccc1-c1cccc(OC)c1.